The van der Waals surface area contributed by atoms with Crippen LogP contribution >= 0.6 is 0 Å². The molecule has 0 aliphatic carbocycles. The number of aromatic hydroxyl groups is 1. The molecule has 0 amide bonds. The molecule has 1 aromatic carbocycles. The van der Waals surface area contributed by atoms with Crippen LogP contribution in [0.5, 0.6) is 5.75 Å². The monoisotopic (exact) mass is 257 g/mol. The van der Waals surface area contributed by atoms with E-state index in [2.05, 4.69) is 4.98 Å². The summed E-state index contributed by atoms with van der Waals surface area (Å²) in [6, 6.07) is 7.99. The highest BCUT2D eigenvalue weighted by Gasteiger charge is 2.07. The van der Waals surface area contributed by atoms with Crippen molar-refractivity contribution in [1.82, 2.24) is 4.98 Å². The van der Waals surface area contributed by atoms with Crippen LogP contribution in [0, 0.1) is 5.82 Å². The third kappa shape index (κ3) is 3.41. The predicted molar refractivity (Wildman–Crippen MR) is 75.3 cm³/mol. The van der Waals surface area contributed by atoms with Crippen molar-refractivity contribution in [3.05, 3.63) is 59.2 Å². The summed E-state index contributed by atoms with van der Waals surface area (Å²) in [5, 5.41) is 9.85. The zero-order chi connectivity index (χ0) is 13.8. The molecule has 2 rings (SSSR count). The summed E-state index contributed by atoms with van der Waals surface area (Å²) in [5.74, 6) is 0.107. The Morgan fingerprint density at radius 3 is 2.53 bits per heavy atom. The molecule has 0 fully saturated rings. The van der Waals surface area contributed by atoms with Crippen molar-refractivity contribution >= 4 is 12.2 Å². The van der Waals surface area contributed by atoms with Gasteiger partial charge in [-0.1, -0.05) is 38.1 Å². The summed E-state index contributed by atoms with van der Waals surface area (Å²) in [6.07, 6.45) is 5.28. The van der Waals surface area contributed by atoms with Gasteiger partial charge in [-0.05, 0) is 35.2 Å². The molecule has 2 aromatic rings. The van der Waals surface area contributed by atoms with E-state index < -0.39 is 0 Å². The number of benzene rings is 1. The molecule has 0 spiro atoms. The van der Waals surface area contributed by atoms with Crippen LogP contribution in [0.2, 0.25) is 0 Å². The Balaban J connectivity index is 2.22. The van der Waals surface area contributed by atoms with E-state index in [0.717, 1.165) is 11.1 Å². The van der Waals surface area contributed by atoms with Gasteiger partial charge in [0.15, 0.2) is 0 Å². The number of pyridine rings is 1. The van der Waals surface area contributed by atoms with Gasteiger partial charge in [0.1, 0.15) is 11.6 Å². The van der Waals surface area contributed by atoms with Gasteiger partial charge in [-0.2, -0.15) is 0 Å². The van der Waals surface area contributed by atoms with Crippen LogP contribution in [-0.4, -0.2) is 10.1 Å². The summed E-state index contributed by atoms with van der Waals surface area (Å²) in [4.78, 5) is 4.23. The minimum atomic E-state index is -0.265. The highest BCUT2D eigenvalue weighted by atomic mass is 19.1. The Morgan fingerprint density at radius 2 is 1.89 bits per heavy atom. The van der Waals surface area contributed by atoms with Crippen molar-refractivity contribution in [3.8, 4) is 5.75 Å². The first-order valence-electron chi connectivity index (χ1n) is 6.19. The molecular weight excluding hydrogens is 241 g/mol. The maximum absolute atomic E-state index is 13.0. The molecule has 0 saturated heterocycles. The number of nitrogens with zero attached hydrogens (tertiary/aromatic N) is 1. The van der Waals surface area contributed by atoms with E-state index in [-0.39, 0.29) is 17.5 Å². The molecule has 1 aromatic heterocycles. The van der Waals surface area contributed by atoms with Gasteiger partial charge >= 0.3 is 0 Å². The average molecular weight is 257 g/mol. The lowest BCUT2D eigenvalue weighted by Gasteiger charge is -2.07. The highest BCUT2D eigenvalue weighted by molar-refractivity contribution is 5.69. The van der Waals surface area contributed by atoms with Gasteiger partial charge in [-0.25, -0.2) is 4.39 Å². The fourth-order valence-electron chi connectivity index (χ4n) is 1.82. The smallest absolute Gasteiger partial charge is 0.137 e. The van der Waals surface area contributed by atoms with Gasteiger partial charge in [-0.3, -0.25) is 4.98 Å². The molecule has 19 heavy (non-hydrogen) atoms. The molecule has 98 valence electrons. The molecule has 0 aliphatic rings. The fraction of sp³-hybridized carbons (Fsp3) is 0.188. The van der Waals surface area contributed by atoms with Crippen molar-refractivity contribution in [3.63, 3.8) is 0 Å². The van der Waals surface area contributed by atoms with E-state index in [1.165, 1.54) is 12.1 Å². The zero-order valence-corrected chi connectivity index (χ0v) is 11.0. The number of hydrogen-bond acceptors (Lipinski definition) is 2. The maximum atomic E-state index is 13.0. The third-order valence-corrected chi connectivity index (χ3v) is 2.78. The van der Waals surface area contributed by atoms with Gasteiger partial charge < -0.3 is 5.11 Å². The standard InChI is InChI=1S/C16H16FNO/c1-11(2)16-15(19)9-13(10-18-16)7-6-12-4-3-5-14(17)8-12/h3-11,19H,1-2H3/b7-6+. The number of hydrogen-bond donors (Lipinski definition) is 1. The third-order valence-electron chi connectivity index (χ3n) is 2.78. The number of rotatable bonds is 3. The first-order valence-corrected chi connectivity index (χ1v) is 6.19. The van der Waals surface area contributed by atoms with Gasteiger partial charge in [0.25, 0.3) is 0 Å². The molecule has 0 saturated carbocycles. The lowest BCUT2D eigenvalue weighted by Crippen LogP contribution is -1.93. The highest BCUT2D eigenvalue weighted by Crippen LogP contribution is 2.24. The molecular formula is C16H16FNO. The van der Waals surface area contributed by atoms with Crippen molar-refractivity contribution in [2.45, 2.75) is 19.8 Å². The zero-order valence-electron chi connectivity index (χ0n) is 11.0. The topological polar surface area (TPSA) is 33.1 Å². The molecule has 0 atom stereocenters. The lowest BCUT2D eigenvalue weighted by atomic mass is 10.1. The Kier molecular flexibility index (Phi) is 3.95. The van der Waals surface area contributed by atoms with E-state index in [9.17, 15) is 9.50 Å². The second-order valence-electron chi connectivity index (χ2n) is 4.72. The molecule has 3 heteroatoms. The normalized spacial score (nSPS) is 11.4. The summed E-state index contributed by atoms with van der Waals surface area (Å²) in [7, 11) is 0. The quantitative estimate of drug-likeness (QED) is 0.893. The first-order chi connectivity index (χ1) is 9.06. The number of halogens is 1. The Labute approximate surface area is 112 Å². The molecule has 0 aliphatic heterocycles. The average Bonchev–Trinajstić information content (AvgIpc) is 2.36. The van der Waals surface area contributed by atoms with E-state index in [0.29, 0.717) is 5.69 Å². The number of aromatic nitrogens is 1. The molecule has 0 radical (unpaired) electrons. The van der Waals surface area contributed by atoms with E-state index >= 15 is 0 Å². The van der Waals surface area contributed by atoms with Gasteiger partial charge in [-0.15, -0.1) is 0 Å². The minimum absolute atomic E-state index is 0.182. The molecule has 1 N–H and O–H groups in total. The first kappa shape index (κ1) is 13.3. The van der Waals surface area contributed by atoms with Crippen LogP contribution in [0.3, 0.4) is 0 Å². The largest absolute Gasteiger partial charge is 0.506 e. The van der Waals surface area contributed by atoms with Crippen molar-refractivity contribution in [2.75, 3.05) is 0 Å². The van der Waals surface area contributed by atoms with Crippen LogP contribution < -0.4 is 0 Å². The molecule has 2 nitrogen and oxygen atoms in total. The predicted octanol–water partition coefficient (Wildman–Crippen LogP) is 4.22. The van der Waals surface area contributed by atoms with Crippen LogP contribution in [-0.2, 0) is 0 Å². The van der Waals surface area contributed by atoms with Gasteiger partial charge in [0.05, 0.1) is 5.69 Å². The minimum Gasteiger partial charge on any atom is -0.506 e. The maximum Gasteiger partial charge on any atom is 0.137 e. The van der Waals surface area contributed by atoms with Gasteiger partial charge in [0, 0.05) is 6.20 Å². The van der Waals surface area contributed by atoms with Crippen molar-refractivity contribution in [1.29, 1.82) is 0 Å². The van der Waals surface area contributed by atoms with Crippen LogP contribution in [0.15, 0.2) is 36.5 Å². The second kappa shape index (κ2) is 5.65. The van der Waals surface area contributed by atoms with E-state index in [1.54, 1.807) is 30.5 Å². The van der Waals surface area contributed by atoms with Crippen molar-refractivity contribution < 1.29 is 9.50 Å². The summed E-state index contributed by atoms with van der Waals surface area (Å²) >= 11 is 0. The molecule has 1 heterocycles. The van der Waals surface area contributed by atoms with Crippen LogP contribution in [0.4, 0.5) is 4.39 Å². The fourth-order valence-corrected chi connectivity index (χ4v) is 1.82. The summed E-state index contributed by atoms with van der Waals surface area (Å²) in [5.41, 5.74) is 2.24. The van der Waals surface area contributed by atoms with Crippen molar-refractivity contribution in [2.24, 2.45) is 0 Å². The van der Waals surface area contributed by atoms with E-state index in [1.807, 2.05) is 19.9 Å². The van der Waals surface area contributed by atoms with Crippen LogP contribution in [0.25, 0.3) is 12.2 Å². The molecule has 0 bridgehead atoms. The summed E-state index contributed by atoms with van der Waals surface area (Å²) < 4.78 is 13.0. The van der Waals surface area contributed by atoms with Crippen LogP contribution in [0.1, 0.15) is 36.6 Å². The van der Waals surface area contributed by atoms with Gasteiger partial charge in [0.2, 0.25) is 0 Å². The second-order valence-corrected chi connectivity index (χ2v) is 4.72. The Hall–Kier alpha value is -2.16. The molecule has 0 unspecified atom stereocenters. The SMILES string of the molecule is CC(C)c1ncc(/C=C/c2cccc(F)c2)cc1O. The van der Waals surface area contributed by atoms with E-state index in [4.69, 9.17) is 0 Å². The Morgan fingerprint density at radius 1 is 1.16 bits per heavy atom. The summed E-state index contributed by atoms with van der Waals surface area (Å²) in [6.45, 7) is 3.95. The Bertz CT molecular complexity index is 605. The lowest BCUT2D eigenvalue weighted by molar-refractivity contribution is 0.460.